The van der Waals surface area contributed by atoms with E-state index in [1.165, 1.54) is 11.0 Å². The maximum atomic E-state index is 13.2. The van der Waals surface area contributed by atoms with Gasteiger partial charge in [-0.1, -0.05) is 0 Å². The highest BCUT2D eigenvalue weighted by atomic mass is 79.9. The van der Waals surface area contributed by atoms with Crippen LogP contribution >= 0.6 is 15.9 Å². The molecule has 0 saturated heterocycles. The second kappa shape index (κ2) is 5.16. The largest absolute Gasteiger partial charge is 0.380 e. The highest BCUT2D eigenvalue weighted by molar-refractivity contribution is 9.10. The lowest BCUT2D eigenvalue weighted by Crippen LogP contribution is -2.33. The van der Waals surface area contributed by atoms with Gasteiger partial charge in [-0.05, 0) is 35.0 Å². The van der Waals surface area contributed by atoms with Crippen LogP contribution in [0, 0.1) is 5.82 Å². The molecule has 18 heavy (non-hydrogen) atoms. The molecule has 0 spiro atoms. The average Bonchev–Trinajstić information content (AvgIpc) is 2.55. The van der Waals surface area contributed by atoms with Crippen molar-refractivity contribution in [2.45, 2.75) is 6.92 Å². The molecule has 96 valence electrons. The molecule has 0 bridgehead atoms. The van der Waals surface area contributed by atoms with Gasteiger partial charge in [0.2, 0.25) is 0 Å². The Balaban J connectivity index is 2.36. The van der Waals surface area contributed by atoms with E-state index < -0.39 is 17.5 Å². The Hall–Kier alpha value is -1.27. The van der Waals surface area contributed by atoms with Crippen LogP contribution in [-0.4, -0.2) is 31.4 Å². The van der Waals surface area contributed by atoms with E-state index in [4.69, 9.17) is 4.74 Å². The summed E-state index contributed by atoms with van der Waals surface area (Å²) in [5.74, 6) is -1.87. The first-order valence-electron chi connectivity index (χ1n) is 5.49. The van der Waals surface area contributed by atoms with Crippen LogP contribution in [0.25, 0.3) is 0 Å². The second-order valence-electron chi connectivity index (χ2n) is 3.77. The number of hydrogen-bond acceptors (Lipinski definition) is 3. The smallest absolute Gasteiger partial charge is 0.299 e. The van der Waals surface area contributed by atoms with Crippen LogP contribution in [0.1, 0.15) is 17.3 Å². The monoisotopic (exact) mass is 315 g/mol. The number of nitrogens with zero attached hydrogens (tertiary/aromatic N) is 1. The van der Waals surface area contributed by atoms with E-state index in [1.807, 2.05) is 6.92 Å². The summed E-state index contributed by atoms with van der Waals surface area (Å²) in [6.07, 6.45) is 0. The minimum Gasteiger partial charge on any atom is -0.380 e. The summed E-state index contributed by atoms with van der Waals surface area (Å²) in [6, 6.07) is 2.32. The third-order valence-corrected chi connectivity index (χ3v) is 3.25. The Bertz CT molecular complexity index is 518. The Morgan fingerprint density at radius 2 is 2.11 bits per heavy atom. The van der Waals surface area contributed by atoms with Crippen LogP contribution in [0.15, 0.2) is 16.6 Å². The van der Waals surface area contributed by atoms with Gasteiger partial charge in [-0.15, -0.1) is 0 Å². The van der Waals surface area contributed by atoms with Gasteiger partial charge >= 0.3 is 0 Å². The average molecular weight is 316 g/mol. The molecular weight excluding hydrogens is 305 g/mol. The molecule has 2 rings (SSSR count). The fraction of sp³-hybridized carbons (Fsp3) is 0.333. The number of rotatable bonds is 4. The maximum absolute atomic E-state index is 13.2. The standard InChI is InChI=1S/C12H11BrFNO3/c1-2-18-4-3-15-10-8(11(16)12(15)17)5-7(14)6-9(10)13/h5-6H,2-4H2,1H3. The van der Waals surface area contributed by atoms with Crippen molar-refractivity contribution in [1.29, 1.82) is 0 Å². The molecule has 6 heteroatoms. The topological polar surface area (TPSA) is 46.6 Å². The van der Waals surface area contributed by atoms with Crippen LogP contribution < -0.4 is 4.90 Å². The molecule has 1 aromatic rings. The van der Waals surface area contributed by atoms with Crippen LogP contribution in [-0.2, 0) is 9.53 Å². The quantitative estimate of drug-likeness (QED) is 0.632. The van der Waals surface area contributed by atoms with Crippen molar-refractivity contribution in [3.05, 3.63) is 28.0 Å². The van der Waals surface area contributed by atoms with Crippen molar-refractivity contribution < 1.29 is 18.7 Å². The normalized spacial score (nSPS) is 14.3. The van der Waals surface area contributed by atoms with Gasteiger partial charge in [-0.3, -0.25) is 9.59 Å². The van der Waals surface area contributed by atoms with Crippen molar-refractivity contribution >= 4 is 33.3 Å². The van der Waals surface area contributed by atoms with E-state index in [0.717, 1.165) is 6.07 Å². The fourth-order valence-corrected chi connectivity index (χ4v) is 2.51. The predicted octanol–water partition coefficient (Wildman–Crippen LogP) is 2.15. The fourth-order valence-electron chi connectivity index (χ4n) is 1.87. The lowest BCUT2D eigenvalue weighted by Gasteiger charge is -2.17. The summed E-state index contributed by atoms with van der Waals surface area (Å²) in [7, 11) is 0. The number of Topliss-reactive ketones (excluding diaryl/α,β-unsaturated/α-hetero) is 1. The van der Waals surface area contributed by atoms with Crippen LogP contribution in [0.5, 0.6) is 0 Å². The number of carbonyl (C=O) groups is 2. The first-order chi connectivity index (χ1) is 8.56. The molecule has 0 saturated carbocycles. The minimum absolute atomic E-state index is 0.100. The molecule has 0 atom stereocenters. The molecule has 0 aliphatic carbocycles. The summed E-state index contributed by atoms with van der Waals surface area (Å²) < 4.78 is 18.8. The molecule has 0 unspecified atom stereocenters. The zero-order valence-electron chi connectivity index (χ0n) is 9.70. The molecule has 1 aliphatic heterocycles. The van der Waals surface area contributed by atoms with Crippen molar-refractivity contribution in [3.8, 4) is 0 Å². The molecule has 0 radical (unpaired) electrons. The molecule has 1 aromatic carbocycles. The lowest BCUT2D eigenvalue weighted by atomic mass is 10.1. The number of fused-ring (bicyclic) bond motifs is 1. The Morgan fingerprint density at radius 3 is 2.78 bits per heavy atom. The molecule has 1 aliphatic rings. The molecular formula is C12H11BrFNO3. The summed E-state index contributed by atoms with van der Waals surface area (Å²) >= 11 is 3.18. The van der Waals surface area contributed by atoms with Gasteiger partial charge in [0.05, 0.1) is 17.9 Å². The first kappa shape index (κ1) is 13.2. The van der Waals surface area contributed by atoms with Crippen molar-refractivity contribution in [2.24, 2.45) is 0 Å². The summed E-state index contributed by atoms with van der Waals surface area (Å²) in [6.45, 7) is 2.98. The zero-order chi connectivity index (χ0) is 13.3. The van der Waals surface area contributed by atoms with E-state index in [0.29, 0.717) is 23.4 Å². The summed E-state index contributed by atoms with van der Waals surface area (Å²) in [5, 5.41) is 0. The predicted molar refractivity (Wildman–Crippen MR) is 67.3 cm³/mol. The van der Waals surface area contributed by atoms with E-state index in [9.17, 15) is 14.0 Å². The third-order valence-electron chi connectivity index (χ3n) is 2.65. The number of anilines is 1. The molecule has 0 aromatic heterocycles. The van der Waals surface area contributed by atoms with Gasteiger partial charge in [0, 0.05) is 17.6 Å². The van der Waals surface area contributed by atoms with E-state index in [1.54, 1.807) is 0 Å². The number of amides is 1. The van der Waals surface area contributed by atoms with Gasteiger partial charge in [-0.25, -0.2) is 4.39 Å². The Kier molecular flexibility index (Phi) is 3.77. The highest BCUT2D eigenvalue weighted by Gasteiger charge is 2.37. The van der Waals surface area contributed by atoms with Crippen LogP contribution in [0.3, 0.4) is 0 Å². The molecule has 1 amide bonds. The summed E-state index contributed by atoms with van der Waals surface area (Å²) in [5.41, 5.74) is 0.523. The van der Waals surface area contributed by atoms with Crippen LogP contribution in [0.4, 0.5) is 10.1 Å². The molecule has 1 heterocycles. The zero-order valence-corrected chi connectivity index (χ0v) is 11.3. The highest BCUT2D eigenvalue weighted by Crippen LogP contribution is 2.36. The van der Waals surface area contributed by atoms with Gasteiger partial charge in [0.15, 0.2) is 0 Å². The number of hydrogen-bond donors (Lipinski definition) is 0. The van der Waals surface area contributed by atoms with E-state index in [-0.39, 0.29) is 12.1 Å². The number of halogens is 2. The Morgan fingerprint density at radius 1 is 1.39 bits per heavy atom. The van der Waals surface area contributed by atoms with E-state index in [2.05, 4.69) is 15.9 Å². The van der Waals surface area contributed by atoms with Crippen LogP contribution in [0.2, 0.25) is 0 Å². The van der Waals surface area contributed by atoms with Gasteiger partial charge in [-0.2, -0.15) is 0 Å². The minimum atomic E-state index is -0.679. The van der Waals surface area contributed by atoms with Crippen molar-refractivity contribution in [2.75, 3.05) is 24.7 Å². The lowest BCUT2D eigenvalue weighted by molar-refractivity contribution is -0.114. The maximum Gasteiger partial charge on any atom is 0.299 e. The molecule has 4 nitrogen and oxygen atoms in total. The number of carbonyl (C=O) groups excluding carboxylic acids is 2. The Labute approximate surface area is 112 Å². The van der Waals surface area contributed by atoms with Gasteiger partial charge in [0.25, 0.3) is 11.7 Å². The van der Waals surface area contributed by atoms with Gasteiger partial charge in [0.1, 0.15) is 5.82 Å². The van der Waals surface area contributed by atoms with Crippen molar-refractivity contribution in [3.63, 3.8) is 0 Å². The van der Waals surface area contributed by atoms with Crippen molar-refractivity contribution in [1.82, 2.24) is 0 Å². The molecule has 0 fully saturated rings. The molecule has 0 N–H and O–H groups in total. The first-order valence-corrected chi connectivity index (χ1v) is 6.28. The number of ketones is 1. The number of ether oxygens (including phenoxy) is 1. The summed E-state index contributed by atoms with van der Waals surface area (Å²) in [4.78, 5) is 24.8. The SMILES string of the molecule is CCOCCN1C(=O)C(=O)c2cc(F)cc(Br)c21. The number of benzene rings is 1. The van der Waals surface area contributed by atoms with E-state index >= 15 is 0 Å². The second-order valence-corrected chi connectivity index (χ2v) is 4.62. The third kappa shape index (κ3) is 2.18. The van der Waals surface area contributed by atoms with Gasteiger partial charge < -0.3 is 9.64 Å².